The Kier molecular flexibility index (Phi) is 6.02. The lowest BCUT2D eigenvalue weighted by Crippen LogP contribution is -2.36. The summed E-state index contributed by atoms with van der Waals surface area (Å²) >= 11 is 0. The van der Waals surface area contributed by atoms with Crippen LogP contribution < -0.4 is 5.73 Å². The molecule has 0 aliphatic carbocycles. The molecule has 4 heteroatoms. The van der Waals surface area contributed by atoms with E-state index in [0.29, 0.717) is 13.1 Å². The molecule has 0 atom stereocenters. The Morgan fingerprint density at radius 2 is 1.95 bits per heavy atom. The summed E-state index contributed by atoms with van der Waals surface area (Å²) in [5.41, 5.74) is 7.33. The Bertz CT molecular complexity index is 438. The Morgan fingerprint density at radius 1 is 1.30 bits per heavy atom. The van der Waals surface area contributed by atoms with Gasteiger partial charge >= 0.3 is 0 Å². The van der Waals surface area contributed by atoms with E-state index in [1.165, 1.54) is 0 Å². The van der Waals surface area contributed by atoms with E-state index < -0.39 is 0 Å². The number of para-hydroxylation sites is 1. The van der Waals surface area contributed by atoms with Crippen LogP contribution in [0, 0.1) is 0 Å². The van der Waals surface area contributed by atoms with Gasteiger partial charge in [-0.25, -0.2) is 0 Å². The number of carbonyl (C=O) groups excluding carboxylic acids is 1. The number of nitrogens with two attached hydrogens (primary N) is 1. The lowest BCUT2D eigenvalue weighted by atomic mass is 10.1. The fourth-order valence-corrected chi connectivity index (χ4v) is 1.82. The molecule has 0 aromatic heterocycles. The van der Waals surface area contributed by atoms with Crippen LogP contribution >= 0.6 is 0 Å². The van der Waals surface area contributed by atoms with E-state index in [1.54, 1.807) is 4.90 Å². The number of nitrogens with zero attached hydrogens (tertiary/aromatic N) is 1. The smallest absolute Gasteiger partial charge is 0.248 e. The summed E-state index contributed by atoms with van der Waals surface area (Å²) in [4.78, 5) is 14.1. The van der Waals surface area contributed by atoms with E-state index in [1.807, 2.05) is 45.0 Å². The van der Waals surface area contributed by atoms with E-state index in [0.717, 1.165) is 17.7 Å². The van der Waals surface area contributed by atoms with Crippen LogP contribution in [0.5, 0.6) is 0 Å². The lowest BCUT2D eigenvalue weighted by Gasteiger charge is -2.25. The van der Waals surface area contributed by atoms with Crippen molar-refractivity contribution in [2.24, 2.45) is 0 Å². The van der Waals surface area contributed by atoms with E-state index >= 15 is 0 Å². The molecule has 1 aromatic rings. The van der Waals surface area contributed by atoms with Gasteiger partial charge < -0.3 is 15.4 Å². The normalized spacial score (nSPS) is 11.4. The van der Waals surface area contributed by atoms with Crippen molar-refractivity contribution in [1.82, 2.24) is 4.90 Å². The summed E-state index contributed by atoms with van der Waals surface area (Å²) in [6.45, 7) is 9.24. The first-order chi connectivity index (χ1) is 9.33. The van der Waals surface area contributed by atoms with E-state index in [9.17, 15) is 4.79 Å². The number of anilines is 1. The number of hydrogen-bond acceptors (Lipinski definition) is 3. The van der Waals surface area contributed by atoms with Crippen LogP contribution in [0.25, 0.3) is 0 Å². The number of nitrogen functional groups attached to an aromatic ring is 1. The zero-order chi connectivity index (χ0) is 15.2. The van der Waals surface area contributed by atoms with Gasteiger partial charge in [0, 0.05) is 18.8 Å². The molecule has 0 heterocycles. The minimum absolute atomic E-state index is 0.00466. The number of ether oxygens (including phenoxy) is 1. The Balaban J connectivity index is 2.69. The van der Waals surface area contributed by atoms with Crippen molar-refractivity contribution in [3.8, 4) is 0 Å². The van der Waals surface area contributed by atoms with Gasteiger partial charge in [0.1, 0.15) is 6.61 Å². The Morgan fingerprint density at radius 3 is 2.50 bits per heavy atom. The molecule has 20 heavy (non-hydrogen) atoms. The van der Waals surface area contributed by atoms with Crippen LogP contribution in [0.1, 0.15) is 39.7 Å². The van der Waals surface area contributed by atoms with E-state index in [4.69, 9.17) is 10.5 Å². The summed E-state index contributed by atoms with van der Waals surface area (Å²) in [6, 6.07) is 7.64. The third kappa shape index (κ3) is 5.61. The molecule has 0 aliphatic heterocycles. The number of amides is 1. The zero-order valence-electron chi connectivity index (χ0n) is 13.0. The fourth-order valence-electron chi connectivity index (χ4n) is 1.82. The maximum atomic E-state index is 12.3. The monoisotopic (exact) mass is 278 g/mol. The zero-order valence-corrected chi connectivity index (χ0v) is 13.0. The first-order valence-electron chi connectivity index (χ1n) is 7.08. The van der Waals surface area contributed by atoms with Gasteiger partial charge in [-0.2, -0.15) is 0 Å². The molecule has 0 saturated heterocycles. The number of rotatable bonds is 6. The minimum atomic E-state index is -0.306. The molecule has 0 bridgehead atoms. The highest BCUT2D eigenvalue weighted by molar-refractivity contribution is 5.77. The van der Waals surface area contributed by atoms with Gasteiger partial charge in [-0.15, -0.1) is 0 Å². The Hall–Kier alpha value is -1.55. The molecule has 1 amide bonds. The van der Waals surface area contributed by atoms with E-state index in [2.05, 4.69) is 6.92 Å². The SMILES string of the molecule is CCCN(Cc1ccccc1N)C(=O)COC(C)(C)C. The average molecular weight is 278 g/mol. The molecule has 0 spiro atoms. The summed E-state index contributed by atoms with van der Waals surface area (Å²) in [5.74, 6) is 0.00466. The van der Waals surface area contributed by atoms with E-state index in [-0.39, 0.29) is 18.1 Å². The quantitative estimate of drug-likeness (QED) is 0.814. The van der Waals surface area contributed by atoms with Gasteiger partial charge in [-0.05, 0) is 38.8 Å². The third-order valence-electron chi connectivity index (χ3n) is 2.89. The summed E-state index contributed by atoms with van der Waals surface area (Å²) in [6.07, 6.45) is 0.911. The highest BCUT2D eigenvalue weighted by Gasteiger charge is 2.18. The first-order valence-corrected chi connectivity index (χ1v) is 7.08. The van der Waals surface area contributed by atoms with Crippen LogP contribution in [0.15, 0.2) is 24.3 Å². The van der Waals surface area contributed by atoms with Crippen LogP contribution in [-0.2, 0) is 16.1 Å². The summed E-state index contributed by atoms with van der Waals surface area (Å²) < 4.78 is 5.56. The number of carbonyl (C=O) groups is 1. The standard InChI is InChI=1S/C16H26N2O2/c1-5-10-18(15(19)12-20-16(2,3)4)11-13-8-6-7-9-14(13)17/h6-9H,5,10-12,17H2,1-4H3. The number of benzene rings is 1. The maximum absolute atomic E-state index is 12.3. The first kappa shape index (κ1) is 16.5. The van der Waals surface area contributed by atoms with Crippen LogP contribution in [-0.4, -0.2) is 29.6 Å². The third-order valence-corrected chi connectivity index (χ3v) is 2.89. The molecule has 1 rings (SSSR count). The number of hydrogen-bond donors (Lipinski definition) is 1. The van der Waals surface area contributed by atoms with Crippen molar-refractivity contribution >= 4 is 11.6 Å². The molecule has 0 saturated carbocycles. The molecule has 1 aromatic carbocycles. The van der Waals surface area contributed by atoms with Gasteiger partial charge in [-0.1, -0.05) is 25.1 Å². The van der Waals surface area contributed by atoms with Crippen molar-refractivity contribution in [3.63, 3.8) is 0 Å². The van der Waals surface area contributed by atoms with Gasteiger partial charge in [0.2, 0.25) is 5.91 Å². The fraction of sp³-hybridized carbons (Fsp3) is 0.562. The molecular formula is C16H26N2O2. The maximum Gasteiger partial charge on any atom is 0.248 e. The largest absolute Gasteiger partial charge is 0.398 e. The molecule has 2 N–H and O–H groups in total. The van der Waals surface area contributed by atoms with Crippen LogP contribution in [0.4, 0.5) is 5.69 Å². The van der Waals surface area contributed by atoms with Gasteiger partial charge in [0.25, 0.3) is 0 Å². The molecule has 0 fully saturated rings. The van der Waals surface area contributed by atoms with Crippen molar-refractivity contribution in [2.75, 3.05) is 18.9 Å². The van der Waals surface area contributed by atoms with Gasteiger partial charge in [0.05, 0.1) is 5.60 Å². The minimum Gasteiger partial charge on any atom is -0.398 e. The van der Waals surface area contributed by atoms with Gasteiger partial charge in [-0.3, -0.25) is 4.79 Å². The van der Waals surface area contributed by atoms with Crippen molar-refractivity contribution in [3.05, 3.63) is 29.8 Å². The predicted molar refractivity (Wildman–Crippen MR) is 82.3 cm³/mol. The molecule has 0 unspecified atom stereocenters. The topological polar surface area (TPSA) is 55.6 Å². The second-order valence-electron chi connectivity index (χ2n) is 5.92. The summed E-state index contributed by atoms with van der Waals surface area (Å²) in [5, 5.41) is 0. The molecular weight excluding hydrogens is 252 g/mol. The Labute approximate surface area is 121 Å². The molecule has 0 radical (unpaired) electrons. The average Bonchev–Trinajstić information content (AvgIpc) is 2.37. The molecule has 112 valence electrons. The summed E-state index contributed by atoms with van der Waals surface area (Å²) in [7, 11) is 0. The second-order valence-corrected chi connectivity index (χ2v) is 5.92. The lowest BCUT2D eigenvalue weighted by molar-refractivity contribution is -0.141. The molecule has 0 aliphatic rings. The van der Waals surface area contributed by atoms with Crippen molar-refractivity contribution in [1.29, 1.82) is 0 Å². The van der Waals surface area contributed by atoms with Crippen molar-refractivity contribution in [2.45, 2.75) is 46.3 Å². The van der Waals surface area contributed by atoms with Crippen LogP contribution in [0.2, 0.25) is 0 Å². The van der Waals surface area contributed by atoms with Crippen molar-refractivity contribution < 1.29 is 9.53 Å². The highest BCUT2D eigenvalue weighted by Crippen LogP contribution is 2.14. The second kappa shape index (κ2) is 7.29. The predicted octanol–water partition coefficient (Wildman–Crippen LogP) is 2.82. The van der Waals surface area contributed by atoms with Gasteiger partial charge in [0.15, 0.2) is 0 Å². The molecule has 4 nitrogen and oxygen atoms in total. The van der Waals surface area contributed by atoms with Crippen LogP contribution in [0.3, 0.4) is 0 Å². The highest BCUT2D eigenvalue weighted by atomic mass is 16.5.